The van der Waals surface area contributed by atoms with Crippen LogP contribution in [-0.2, 0) is 11.2 Å². The molecule has 0 saturated carbocycles. The van der Waals surface area contributed by atoms with Crippen LogP contribution in [0.2, 0.25) is 0 Å². The van der Waals surface area contributed by atoms with E-state index in [2.05, 4.69) is 5.32 Å². The van der Waals surface area contributed by atoms with E-state index < -0.39 is 0 Å². The molecule has 4 rings (SSSR count). The fraction of sp³-hybridized carbons (Fsp3) is 0.214. The molecule has 1 heterocycles. The number of para-hydroxylation sites is 1. The third kappa shape index (κ3) is 5.29. The van der Waals surface area contributed by atoms with Crippen molar-refractivity contribution >= 4 is 11.6 Å². The molecule has 0 radical (unpaired) electrons. The van der Waals surface area contributed by atoms with Gasteiger partial charge in [0.1, 0.15) is 11.5 Å². The number of methoxy groups -OCH3 is 1. The highest BCUT2D eigenvalue weighted by atomic mass is 16.5. The van der Waals surface area contributed by atoms with Crippen molar-refractivity contribution in [3.63, 3.8) is 0 Å². The first-order valence-corrected chi connectivity index (χ1v) is 11.3. The zero-order chi connectivity index (χ0) is 24.1. The molecular weight excluding hydrogens is 426 g/mol. The Morgan fingerprint density at radius 1 is 0.941 bits per heavy atom. The van der Waals surface area contributed by atoms with Crippen LogP contribution in [-0.4, -0.2) is 22.8 Å². The molecule has 0 spiro atoms. The van der Waals surface area contributed by atoms with E-state index in [-0.39, 0.29) is 5.91 Å². The van der Waals surface area contributed by atoms with Crippen molar-refractivity contribution < 1.29 is 14.3 Å². The minimum Gasteiger partial charge on any atom is -0.497 e. The molecule has 0 aliphatic heterocycles. The number of aromatic nitrogens is 2. The molecule has 0 unspecified atom stereocenters. The van der Waals surface area contributed by atoms with Gasteiger partial charge in [0, 0.05) is 17.7 Å². The summed E-state index contributed by atoms with van der Waals surface area (Å²) in [6.45, 7) is 5.97. The number of aryl methyl sites for hydroxylation is 3. The van der Waals surface area contributed by atoms with Gasteiger partial charge in [0.15, 0.2) is 0 Å². The number of nitrogens with one attached hydrogen (secondary N) is 1. The highest BCUT2D eigenvalue weighted by molar-refractivity contribution is 5.90. The fourth-order valence-electron chi connectivity index (χ4n) is 3.70. The van der Waals surface area contributed by atoms with Gasteiger partial charge in [-0.15, -0.1) is 0 Å². The quantitative estimate of drug-likeness (QED) is 0.345. The van der Waals surface area contributed by atoms with Gasteiger partial charge in [-0.3, -0.25) is 4.79 Å². The van der Waals surface area contributed by atoms with E-state index in [1.54, 1.807) is 11.8 Å². The standard InChI is InChI=1S/C28H29N3O3/c1-19-9-11-22(12-10-19)29-27(32)18-17-25-21(3)30-31(23-13-15-24(33-4)16-14-23)28(25)34-26-8-6-5-7-20(26)2/h5-16H,17-18H2,1-4H3,(H,29,32). The molecule has 4 aromatic rings. The Labute approximate surface area is 200 Å². The number of anilines is 1. The molecule has 174 valence electrons. The van der Waals surface area contributed by atoms with Crippen LogP contribution in [0.1, 0.15) is 28.8 Å². The van der Waals surface area contributed by atoms with Gasteiger partial charge in [0.2, 0.25) is 11.8 Å². The number of carbonyl (C=O) groups is 1. The van der Waals surface area contributed by atoms with Gasteiger partial charge in [-0.25, -0.2) is 4.68 Å². The lowest BCUT2D eigenvalue weighted by Gasteiger charge is -2.13. The molecule has 0 saturated heterocycles. The maximum Gasteiger partial charge on any atom is 0.226 e. The highest BCUT2D eigenvalue weighted by Gasteiger charge is 2.20. The minimum absolute atomic E-state index is 0.0534. The molecule has 0 aliphatic rings. The molecule has 6 heteroatoms. The minimum atomic E-state index is -0.0534. The van der Waals surface area contributed by atoms with Gasteiger partial charge in [-0.1, -0.05) is 35.9 Å². The van der Waals surface area contributed by atoms with Gasteiger partial charge < -0.3 is 14.8 Å². The summed E-state index contributed by atoms with van der Waals surface area (Å²) in [6, 6.07) is 23.3. The van der Waals surface area contributed by atoms with Crippen molar-refractivity contribution in [2.24, 2.45) is 0 Å². The van der Waals surface area contributed by atoms with E-state index in [9.17, 15) is 4.79 Å². The average Bonchev–Trinajstić information content (AvgIpc) is 3.15. The van der Waals surface area contributed by atoms with Crippen LogP contribution >= 0.6 is 0 Å². The van der Waals surface area contributed by atoms with E-state index in [0.717, 1.165) is 45.3 Å². The first-order chi connectivity index (χ1) is 16.4. The Kier molecular flexibility index (Phi) is 6.97. The van der Waals surface area contributed by atoms with Crippen molar-refractivity contribution in [3.05, 3.63) is 95.2 Å². The molecule has 1 N–H and O–H groups in total. The lowest BCUT2D eigenvalue weighted by atomic mass is 10.1. The van der Waals surface area contributed by atoms with Crippen LogP contribution in [0.4, 0.5) is 5.69 Å². The largest absolute Gasteiger partial charge is 0.497 e. The number of rotatable bonds is 8. The SMILES string of the molecule is COc1ccc(-n2nc(C)c(CCC(=O)Nc3ccc(C)cc3)c2Oc2ccccc2C)cc1. The highest BCUT2D eigenvalue weighted by Crippen LogP contribution is 2.33. The smallest absolute Gasteiger partial charge is 0.226 e. The number of hydrogen-bond donors (Lipinski definition) is 1. The van der Waals surface area contributed by atoms with Crippen LogP contribution in [0, 0.1) is 20.8 Å². The predicted molar refractivity (Wildman–Crippen MR) is 134 cm³/mol. The molecular formula is C28H29N3O3. The molecule has 0 aliphatic carbocycles. The Balaban J connectivity index is 1.62. The summed E-state index contributed by atoms with van der Waals surface area (Å²) in [5.41, 5.74) is 5.53. The van der Waals surface area contributed by atoms with Crippen LogP contribution in [0.3, 0.4) is 0 Å². The number of nitrogens with zero attached hydrogens (tertiary/aromatic N) is 2. The molecule has 0 atom stereocenters. The van der Waals surface area contributed by atoms with Gasteiger partial charge in [-0.2, -0.15) is 5.10 Å². The number of carbonyl (C=O) groups excluding carboxylic acids is 1. The van der Waals surface area contributed by atoms with E-state index >= 15 is 0 Å². The van der Waals surface area contributed by atoms with E-state index in [4.69, 9.17) is 14.6 Å². The molecule has 0 bridgehead atoms. The lowest BCUT2D eigenvalue weighted by Crippen LogP contribution is -2.12. The van der Waals surface area contributed by atoms with Gasteiger partial charge in [-0.05, 0) is 75.2 Å². The number of amides is 1. The van der Waals surface area contributed by atoms with Crippen LogP contribution in [0.15, 0.2) is 72.8 Å². The summed E-state index contributed by atoms with van der Waals surface area (Å²) in [6.07, 6.45) is 0.814. The molecule has 1 amide bonds. The molecule has 34 heavy (non-hydrogen) atoms. The van der Waals surface area contributed by atoms with Gasteiger partial charge >= 0.3 is 0 Å². The summed E-state index contributed by atoms with van der Waals surface area (Å²) in [7, 11) is 1.64. The Morgan fingerprint density at radius 3 is 2.32 bits per heavy atom. The molecule has 1 aromatic heterocycles. The molecule has 0 fully saturated rings. The zero-order valence-corrected chi connectivity index (χ0v) is 20.0. The topological polar surface area (TPSA) is 65.4 Å². The summed E-state index contributed by atoms with van der Waals surface area (Å²) in [5, 5.41) is 7.72. The lowest BCUT2D eigenvalue weighted by molar-refractivity contribution is -0.116. The molecule has 6 nitrogen and oxygen atoms in total. The Morgan fingerprint density at radius 2 is 1.65 bits per heavy atom. The van der Waals surface area contributed by atoms with E-state index in [1.807, 2.05) is 93.6 Å². The van der Waals surface area contributed by atoms with Crippen molar-refractivity contribution in [1.82, 2.24) is 9.78 Å². The predicted octanol–water partition coefficient (Wildman–Crippen LogP) is 6.17. The maximum atomic E-state index is 12.7. The number of benzene rings is 3. The first kappa shape index (κ1) is 23.1. The first-order valence-electron chi connectivity index (χ1n) is 11.3. The van der Waals surface area contributed by atoms with Crippen molar-refractivity contribution in [2.45, 2.75) is 33.6 Å². The van der Waals surface area contributed by atoms with Crippen LogP contribution in [0.5, 0.6) is 17.4 Å². The van der Waals surface area contributed by atoms with Gasteiger partial charge in [0.05, 0.1) is 18.5 Å². The van der Waals surface area contributed by atoms with E-state index in [0.29, 0.717) is 18.7 Å². The Hall–Kier alpha value is -4.06. The van der Waals surface area contributed by atoms with Crippen molar-refractivity contribution in [3.8, 4) is 23.1 Å². The van der Waals surface area contributed by atoms with Crippen molar-refractivity contribution in [1.29, 1.82) is 0 Å². The van der Waals surface area contributed by atoms with Gasteiger partial charge in [0.25, 0.3) is 0 Å². The second-order valence-corrected chi connectivity index (χ2v) is 8.26. The normalized spacial score (nSPS) is 10.7. The van der Waals surface area contributed by atoms with Crippen molar-refractivity contribution in [2.75, 3.05) is 12.4 Å². The van der Waals surface area contributed by atoms with Crippen LogP contribution < -0.4 is 14.8 Å². The third-order valence-corrected chi connectivity index (χ3v) is 5.69. The Bertz CT molecular complexity index is 1280. The summed E-state index contributed by atoms with van der Waals surface area (Å²) in [4.78, 5) is 12.7. The second-order valence-electron chi connectivity index (χ2n) is 8.26. The summed E-state index contributed by atoms with van der Waals surface area (Å²) >= 11 is 0. The number of ether oxygens (including phenoxy) is 2. The zero-order valence-electron chi connectivity index (χ0n) is 20.0. The third-order valence-electron chi connectivity index (χ3n) is 5.69. The van der Waals surface area contributed by atoms with Crippen LogP contribution in [0.25, 0.3) is 5.69 Å². The second kappa shape index (κ2) is 10.3. The summed E-state index contributed by atoms with van der Waals surface area (Å²) in [5.74, 6) is 2.08. The van der Waals surface area contributed by atoms with E-state index in [1.165, 1.54) is 0 Å². The number of hydrogen-bond acceptors (Lipinski definition) is 4. The maximum absolute atomic E-state index is 12.7. The average molecular weight is 456 g/mol. The summed E-state index contributed by atoms with van der Waals surface area (Å²) < 4.78 is 13.5. The monoisotopic (exact) mass is 455 g/mol. The fourth-order valence-corrected chi connectivity index (χ4v) is 3.70. The molecule has 3 aromatic carbocycles.